The van der Waals surface area contributed by atoms with E-state index in [1.165, 1.54) is 12.3 Å². The number of carbonyl (C=O) groups excluding carboxylic acids is 2. The molecule has 1 aliphatic rings. The highest BCUT2D eigenvalue weighted by Gasteiger charge is 2.37. The molecule has 1 aliphatic carbocycles. The van der Waals surface area contributed by atoms with Crippen LogP contribution in [0, 0.1) is 5.21 Å². The minimum atomic E-state index is -0.575. The van der Waals surface area contributed by atoms with Gasteiger partial charge in [0.25, 0.3) is 5.69 Å². The van der Waals surface area contributed by atoms with Crippen LogP contribution in [-0.2, 0) is 4.74 Å². The molecule has 7 nitrogen and oxygen atoms in total. The van der Waals surface area contributed by atoms with E-state index in [0.717, 1.165) is 25.7 Å². The van der Waals surface area contributed by atoms with E-state index < -0.39 is 23.1 Å². The van der Waals surface area contributed by atoms with Crippen molar-refractivity contribution in [2.24, 2.45) is 0 Å². The van der Waals surface area contributed by atoms with Gasteiger partial charge >= 0.3 is 12.0 Å². The topological polar surface area (TPSA) is 94.4 Å². The Morgan fingerprint density at radius 3 is 2.54 bits per heavy atom. The molecule has 2 rings (SSSR count). The first-order valence-electron chi connectivity index (χ1n) is 8.18. The molecule has 2 N–H and O–H groups in total. The molecule has 0 bridgehead atoms. The van der Waals surface area contributed by atoms with Crippen LogP contribution in [0.3, 0.4) is 0 Å². The van der Waals surface area contributed by atoms with Crippen LogP contribution < -0.4 is 15.4 Å². The van der Waals surface area contributed by atoms with Gasteiger partial charge in [0.05, 0.1) is 5.54 Å². The molecule has 24 heavy (non-hydrogen) atoms. The summed E-state index contributed by atoms with van der Waals surface area (Å²) in [6.45, 7) is 5.66. The van der Waals surface area contributed by atoms with Crippen molar-refractivity contribution >= 4 is 12.0 Å². The first kappa shape index (κ1) is 18.0. The fourth-order valence-corrected chi connectivity index (χ4v) is 2.86. The van der Waals surface area contributed by atoms with Gasteiger partial charge in [-0.05, 0) is 39.7 Å². The lowest BCUT2D eigenvalue weighted by Gasteiger charge is -2.30. The van der Waals surface area contributed by atoms with Gasteiger partial charge in [-0.3, -0.25) is 4.79 Å². The number of nitrogens with one attached hydrogen (secondary N) is 2. The van der Waals surface area contributed by atoms with Crippen LogP contribution in [0.1, 0.15) is 56.9 Å². The molecule has 2 amide bonds. The lowest BCUT2D eigenvalue weighted by Crippen LogP contribution is -2.56. The second-order valence-corrected chi connectivity index (χ2v) is 7.21. The summed E-state index contributed by atoms with van der Waals surface area (Å²) in [5.74, 6) is -0.432. The average molecular weight is 335 g/mol. The summed E-state index contributed by atoms with van der Waals surface area (Å²) in [6, 6.07) is 4.69. The first-order chi connectivity index (χ1) is 11.2. The van der Waals surface area contributed by atoms with E-state index in [9.17, 15) is 14.8 Å². The van der Waals surface area contributed by atoms with E-state index in [-0.39, 0.29) is 12.2 Å². The number of nitrogens with zero attached hydrogens (tertiary/aromatic N) is 1. The molecule has 0 aromatic carbocycles. The Balaban J connectivity index is 2.02. The Morgan fingerprint density at radius 1 is 1.29 bits per heavy atom. The molecule has 1 heterocycles. The zero-order valence-corrected chi connectivity index (χ0v) is 14.4. The van der Waals surface area contributed by atoms with Crippen molar-refractivity contribution in [1.82, 2.24) is 10.6 Å². The summed E-state index contributed by atoms with van der Waals surface area (Å²) in [6.07, 6.45) is 4.20. The largest absolute Gasteiger partial charge is 0.618 e. The van der Waals surface area contributed by atoms with Crippen molar-refractivity contribution in [1.29, 1.82) is 0 Å². The van der Waals surface area contributed by atoms with Crippen LogP contribution in [0.2, 0.25) is 0 Å². The van der Waals surface area contributed by atoms with Gasteiger partial charge < -0.3 is 20.6 Å². The second-order valence-electron chi connectivity index (χ2n) is 7.21. The first-order valence-corrected chi connectivity index (χ1v) is 8.18. The number of amides is 2. The number of hydrogen-bond donors (Lipinski definition) is 2. The van der Waals surface area contributed by atoms with Crippen molar-refractivity contribution in [3.8, 4) is 0 Å². The highest BCUT2D eigenvalue weighted by Crippen LogP contribution is 2.29. The number of carbonyl (C=O) groups is 2. The lowest BCUT2D eigenvalue weighted by atomic mass is 9.97. The van der Waals surface area contributed by atoms with Crippen LogP contribution in [0.4, 0.5) is 4.79 Å². The molecule has 0 unspecified atom stereocenters. The third-order valence-corrected chi connectivity index (χ3v) is 3.97. The van der Waals surface area contributed by atoms with Gasteiger partial charge in [-0.15, -0.1) is 0 Å². The van der Waals surface area contributed by atoms with E-state index >= 15 is 0 Å². The van der Waals surface area contributed by atoms with Gasteiger partial charge in [-0.1, -0.05) is 12.8 Å². The van der Waals surface area contributed by atoms with E-state index in [1.54, 1.807) is 32.9 Å². The maximum Gasteiger partial charge on any atom is 0.407 e. The highest BCUT2D eigenvalue weighted by molar-refractivity contribution is 5.91. The van der Waals surface area contributed by atoms with E-state index in [2.05, 4.69) is 10.6 Å². The Bertz CT molecular complexity index is 604. The Hall–Kier alpha value is -2.31. The summed E-state index contributed by atoms with van der Waals surface area (Å²) in [7, 11) is 0. The lowest BCUT2D eigenvalue weighted by molar-refractivity contribution is -0.607. The number of pyridine rings is 1. The Morgan fingerprint density at radius 2 is 1.96 bits per heavy atom. The molecule has 0 saturated heterocycles. The number of ether oxygens (including phenoxy) is 1. The van der Waals surface area contributed by atoms with Crippen molar-refractivity contribution < 1.29 is 19.1 Å². The van der Waals surface area contributed by atoms with Crippen molar-refractivity contribution in [2.45, 2.75) is 57.6 Å². The molecule has 1 saturated carbocycles. The van der Waals surface area contributed by atoms with E-state index in [4.69, 9.17) is 4.74 Å². The van der Waals surface area contributed by atoms with Gasteiger partial charge in [0.15, 0.2) is 6.20 Å². The maximum absolute atomic E-state index is 12.4. The fraction of sp³-hybridized carbons (Fsp3) is 0.588. The minimum absolute atomic E-state index is 0.0426. The van der Waals surface area contributed by atoms with Crippen LogP contribution in [0.5, 0.6) is 0 Å². The zero-order valence-electron chi connectivity index (χ0n) is 14.4. The quantitative estimate of drug-likeness (QED) is 0.649. The van der Waals surface area contributed by atoms with Gasteiger partial charge in [-0.2, -0.15) is 4.73 Å². The highest BCUT2D eigenvalue weighted by atomic mass is 16.6. The molecular formula is C17H25N3O4. The minimum Gasteiger partial charge on any atom is -0.618 e. The predicted octanol–water partition coefficient (Wildman–Crippen LogP) is 1.89. The average Bonchev–Trinajstić information content (AvgIpc) is 2.93. The van der Waals surface area contributed by atoms with Crippen LogP contribution in [0.25, 0.3) is 0 Å². The molecule has 0 spiro atoms. The Kier molecular flexibility index (Phi) is 5.31. The normalized spacial score (nSPS) is 16.5. The van der Waals surface area contributed by atoms with Gasteiger partial charge in [-0.25, -0.2) is 4.79 Å². The van der Waals surface area contributed by atoms with Crippen molar-refractivity contribution in [2.75, 3.05) is 6.54 Å². The monoisotopic (exact) mass is 335 g/mol. The second kappa shape index (κ2) is 7.07. The number of alkyl carbamates (subject to hydrolysis) is 1. The predicted molar refractivity (Wildman–Crippen MR) is 88.3 cm³/mol. The number of rotatable bonds is 4. The van der Waals surface area contributed by atoms with E-state index in [0.29, 0.717) is 4.73 Å². The number of hydrogen-bond acceptors (Lipinski definition) is 4. The summed E-state index contributed by atoms with van der Waals surface area (Å²) >= 11 is 0. The molecule has 1 aromatic rings. The van der Waals surface area contributed by atoms with Crippen LogP contribution in [0.15, 0.2) is 24.4 Å². The molecule has 0 atom stereocenters. The third kappa shape index (κ3) is 4.84. The molecule has 1 fully saturated rings. The standard InChI is InChI=1S/C17H25N3O4/c1-16(2,3)24-15(22)18-12-17(9-5-6-10-17)19-14(21)13-8-4-7-11-20(13)23/h4,7-8,11H,5-6,9-10,12H2,1-3H3,(H,18,22)(H,19,21). The SMILES string of the molecule is CC(C)(C)OC(=O)NCC1(NC(=O)c2cccc[n+]2[O-])CCCC1. The smallest absolute Gasteiger partial charge is 0.407 e. The third-order valence-electron chi connectivity index (χ3n) is 3.97. The number of aromatic nitrogens is 1. The van der Waals surface area contributed by atoms with Gasteiger partial charge in [0.2, 0.25) is 0 Å². The molecule has 0 aliphatic heterocycles. The van der Waals surface area contributed by atoms with Gasteiger partial charge in [0.1, 0.15) is 5.60 Å². The van der Waals surface area contributed by atoms with Crippen molar-refractivity contribution in [3.05, 3.63) is 35.3 Å². The molecule has 132 valence electrons. The van der Waals surface area contributed by atoms with Crippen molar-refractivity contribution in [3.63, 3.8) is 0 Å². The Labute approximate surface area is 142 Å². The summed E-state index contributed by atoms with van der Waals surface area (Å²) in [5.41, 5.74) is -1.08. The maximum atomic E-state index is 12.4. The fourth-order valence-electron chi connectivity index (χ4n) is 2.86. The molecule has 1 aromatic heterocycles. The zero-order chi connectivity index (χ0) is 17.8. The summed E-state index contributed by atoms with van der Waals surface area (Å²) < 4.78 is 5.78. The van der Waals surface area contributed by atoms with E-state index in [1.807, 2.05) is 0 Å². The summed E-state index contributed by atoms with van der Waals surface area (Å²) in [5, 5.41) is 17.4. The van der Waals surface area contributed by atoms with Crippen LogP contribution >= 0.6 is 0 Å². The van der Waals surface area contributed by atoms with Gasteiger partial charge in [0, 0.05) is 18.7 Å². The molecule has 7 heteroatoms. The van der Waals surface area contributed by atoms with Crippen LogP contribution in [-0.4, -0.2) is 29.7 Å². The molecular weight excluding hydrogens is 310 g/mol. The molecule has 0 radical (unpaired) electrons. The summed E-state index contributed by atoms with van der Waals surface area (Å²) in [4.78, 5) is 24.3.